The smallest absolute Gasteiger partial charge is 0.407 e. The normalized spacial score (nSPS) is 17.1. The molecule has 0 saturated carbocycles. The Morgan fingerprint density at radius 3 is 2.23 bits per heavy atom. The fourth-order valence-electron chi connectivity index (χ4n) is 4.62. The average Bonchev–Trinajstić information content (AvgIpc) is 3.18. The van der Waals surface area contributed by atoms with Crippen molar-refractivity contribution < 1.29 is 34.1 Å². The maximum absolute atomic E-state index is 12.7. The summed E-state index contributed by atoms with van der Waals surface area (Å²) in [6, 6.07) is 14.8. The molecule has 9 nitrogen and oxygen atoms in total. The van der Waals surface area contributed by atoms with E-state index in [4.69, 9.17) is 14.6 Å². The summed E-state index contributed by atoms with van der Waals surface area (Å²) in [6.07, 6.45) is -0.450. The molecule has 1 aliphatic heterocycles. The third-order valence-electron chi connectivity index (χ3n) is 6.61. The van der Waals surface area contributed by atoms with Crippen LogP contribution in [0.5, 0.6) is 0 Å². The minimum Gasteiger partial charge on any atom is -0.481 e. The van der Waals surface area contributed by atoms with Gasteiger partial charge < -0.3 is 30.3 Å². The molecule has 2 aliphatic rings. The van der Waals surface area contributed by atoms with Crippen LogP contribution < -0.4 is 10.6 Å². The number of nitrogens with one attached hydrogen (secondary N) is 2. The Morgan fingerprint density at radius 2 is 1.63 bits per heavy atom. The van der Waals surface area contributed by atoms with Crippen molar-refractivity contribution in [1.82, 2.24) is 10.6 Å². The number of fused-ring (bicyclic) bond motifs is 3. The first-order valence-corrected chi connectivity index (χ1v) is 11.8. The van der Waals surface area contributed by atoms with Crippen molar-refractivity contribution in [2.75, 3.05) is 26.4 Å². The van der Waals surface area contributed by atoms with Crippen LogP contribution in [0.15, 0.2) is 48.5 Å². The number of carboxylic acids is 1. The fraction of sp³-hybridized carbons (Fsp3) is 0.423. The van der Waals surface area contributed by atoms with Crippen molar-refractivity contribution in [2.45, 2.75) is 43.2 Å². The number of aliphatic hydroxyl groups is 1. The molecule has 1 fully saturated rings. The number of rotatable bonds is 9. The van der Waals surface area contributed by atoms with E-state index in [0.717, 1.165) is 22.3 Å². The predicted octanol–water partition coefficient (Wildman–Crippen LogP) is 2.42. The van der Waals surface area contributed by atoms with E-state index < -0.39 is 29.6 Å². The summed E-state index contributed by atoms with van der Waals surface area (Å²) >= 11 is 0. The van der Waals surface area contributed by atoms with Crippen LogP contribution >= 0.6 is 0 Å². The van der Waals surface area contributed by atoms with Gasteiger partial charge in [-0.25, -0.2) is 4.79 Å². The van der Waals surface area contributed by atoms with E-state index in [2.05, 4.69) is 10.6 Å². The van der Waals surface area contributed by atoms with Gasteiger partial charge in [0.05, 0.1) is 5.60 Å². The molecule has 1 heterocycles. The summed E-state index contributed by atoms with van der Waals surface area (Å²) in [7, 11) is 0. The number of amides is 2. The zero-order chi connectivity index (χ0) is 24.8. The molecule has 0 spiro atoms. The number of carbonyl (C=O) groups excluding carboxylic acids is 2. The third-order valence-corrected chi connectivity index (χ3v) is 6.61. The number of ether oxygens (including phenoxy) is 2. The van der Waals surface area contributed by atoms with Crippen molar-refractivity contribution >= 4 is 18.0 Å². The molecule has 1 saturated heterocycles. The summed E-state index contributed by atoms with van der Waals surface area (Å²) in [4.78, 5) is 36.4. The molecule has 1 unspecified atom stereocenters. The van der Waals surface area contributed by atoms with Gasteiger partial charge in [0.25, 0.3) is 0 Å². The van der Waals surface area contributed by atoms with Crippen LogP contribution in [0.1, 0.15) is 42.7 Å². The first kappa shape index (κ1) is 24.7. The van der Waals surface area contributed by atoms with Crippen LogP contribution in [0.3, 0.4) is 0 Å². The number of carbonyl (C=O) groups is 3. The Hall–Kier alpha value is -3.43. The van der Waals surface area contributed by atoms with Crippen molar-refractivity contribution in [3.63, 3.8) is 0 Å². The summed E-state index contributed by atoms with van der Waals surface area (Å²) in [5.74, 6) is -1.79. The minimum atomic E-state index is -1.11. The fourth-order valence-corrected chi connectivity index (χ4v) is 4.62. The quantitative estimate of drug-likeness (QED) is 0.431. The van der Waals surface area contributed by atoms with Crippen LogP contribution in [0, 0.1) is 0 Å². The lowest BCUT2D eigenvalue weighted by Crippen LogP contribution is -2.52. The van der Waals surface area contributed by atoms with Crippen LogP contribution in [-0.4, -0.2) is 66.2 Å². The number of benzene rings is 2. The van der Waals surface area contributed by atoms with Crippen molar-refractivity contribution in [2.24, 2.45) is 0 Å². The summed E-state index contributed by atoms with van der Waals surface area (Å²) in [6.45, 7) is 0.859. The van der Waals surface area contributed by atoms with E-state index in [9.17, 15) is 19.5 Å². The largest absolute Gasteiger partial charge is 0.481 e. The van der Waals surface area contributed by atoms with Gasteiger partial charge in [0.15, 0.2) is 0 Å². The second kappa shape index (κ2) is 10.9. The molecule has 9 heteroatoms. The average molecular weight is 483 g/mol. The Labute approximate surface area is 203 Å². The van der Waals surface area contributed by atoms with Gasteiger partial charge in [-0.05, 0) is 28.7 Å². The number of alkyl carbamates (subject to hydrolysis) is 1. The van der Waals surface area contributed by atoms with Gasteiger partial charge >= 0.3 is 12.1 Å². The topological polar surface area (TPSA) is 134 Å². The van der Waals surface area contributed by atoms with Crippen LogP contribution in [0.4, 0.5) is 4.79 Å². The van der Waals surface area contributed by atoms with Gasteiger partial charge in [0.1, 0.15) is 12.6 Å². The van der Waals surface area contributed by atoms with Gasteiger partial charge in [0.2, 0.25) is 5.91 Å². The molecule has 2 amide bonds. The zero-order valence-electron chi connectivity index (χ0n) is 19.4. The van der Waals surface area contributed by atoms with Crippen LogP contribution in [0.25, 0.3) is 11.1 Å². The Morgan fingerprint density at radius 1 is 1.03 bits per heavy atom. The second-order valence-electron chi connectivity index (χ2n) is 9.01. The van der Waals surface area contributed by atoms with Crippen molar-refractivity contribution in [3.05, 3.63) is 59.7 Å². The highest BCUT2D eigenvalue weighted by Crippen LogP contribution is 2.44. The lowest BCUT2D eigenvalue weighted by atomic mass is 9.94. The van der Waals surface area contributed by atoms with E-state index >= 15 is 0 Å². The second-order valence-corrected chi connectivity index (χ2v) is 9.01. The van der Waals surface area contributed by atoms with Gasteiger partial charge in [-0.3, -0.25) is 9.59 Å². The predicted molar refractivity (Wildman–Crippen MR) is 127 cm³/mol. The van der Waals surface area contributed by atoms with E-state index in [0.29, 0.717) is 26.1 Å². The number of hydrogen-bond acceptors (Lipinski definition) is 6. The number of hydrogen-bond donors (Lipinski definition) is 4. The van der Waals surface area contributed by atoms with E-state index in [1.807, 2.05) is 48.5 Å². The molecule has 4 rings (SSSR count). The summed E-state index contributed by atoms with van der Waals surface area (Å²) < 4.78 is 10.7. The monoisotopic (exact) mass is 482 g/mol. The van der Waals surface area contributed by atoms with Crippen molar-refractivity contribution in [1.29, 1.82) is 0 Å². The first-order valence-electron chi connectivity index (χ1n) is 11.8. The lowest BCUT2D eigenvalue weighted by molar-refractivity contribution is -0.137. The maximum Gasteiger partial charge on any atom is 0.407 e. The molecule has 0 bridgehead atoms. The molecule has 2 aromatic rings. The molecular weight excluding hydrogens is 452 g/mol. The third kappa shape index (κ3) is 5.98. The molecule has 4 N–H and O–H groups in total. The Bertz CT molecular complexity index is 1040. The molecule has 1 atom stereocenters. The Kier molecular flexibility index (Phi) is 7.67. The molecule has 0 aromatic heterocycles. The molecular formula is C26H30N2O7. The Balaban J connectivity index is 1.37. The molecule has 1 aliphatic carbocycles. The van der Waals surface area contributed by atoms with Gasteiger partial charge in [-0.1, -0.05) is 48.5 Å². The SMILES string of the molecule is O=C(O)CCC(NC(=O)OCC1c2ccccc2-c2ccccc21)C(=O)NCC1(O)CCOCC1. The molecule has 0 radical (unpaired) electrons. The van der Waals surface area contributed by atoms with Gasteiger partial charge in [-0.15, -0.1) is 0 Å². The zero-order valence-corrected chi connectivity index (χ0v) is 19.4. The lowest BCUT2D eigenvalue weighted by Gasteiger charge is -2.32. The number of aliphatic carboxylic acids is 1. The van der Waals surface area contributed by atoms with Crippen molar-refractivity contribution in [3.8, 4) is 11.1 Å². The highest BCUT2D eigenvalue weighted by Gasteiger charge is 2.33. The highest BCUT2D eigenvalue weighted by molar-refractivity contribution is 5.86. The molecule has 2 aromatic carbocycles. The summed E-state index contributed by atoms with van der Waals surface area (Å²) in [5, 5.41) is 24.8. The minimum absolute atomic E-state index is 0.00880. The van der Waals surface area contributed by atoms with Crippen LogP contribution in [0.2, 0.25) is 0 Å². The maximum atomic E-state index is 12.7. The first-order chi connectivity index (χ1) is 16.9. The van der Waals surface area contributed by atoms with E-state index in [-0.39, 0.29) is 31.9 Å². The standard InChI is InChI=1S/C26H30N2O7/c29-23(30)10-9-22(24(31)27-16-26(33)11-13-34-14-12-26)28-25(32)35-15-21-19-7-3-1-5-17(19)18-6-2-4-8-20(18)21/h1-8,21-22,33H,9-16H2,(H,27,31)(H,28,32)(H,29,30). The van der Waals surface area contributed by atoms with Gasteiger partial charge in [0, 0.05) is 44.9 Å². The van der Waals surface area contributed by atoms with Gasteiger partial charge in [-0.2, -0.15) is 0 Å². The van der Waals surface area contributed by atoms with E-state index in [1.54, 1.807) is 0 Å². The molecule has 35 heavy (non-hydrogen) atoms. The van der Waals surface area contributed by atoms with E-state index in [1.165, 1.54) is 0 Å². The number of carboxylic acid groups (broad SMARTS) is 1. The summed E-state index contributed by atoms with van der Waals surface area (Å²) in [5.41, 5.74) is 3.23. The highest BCUT2D eigenvalue weighted by atomic mass is 16.5. The van der Waals surface area contributed by atoms with Crippen LogP contribution in [-0.2, 0) is 19.1 Å². The molecule has 186 valence electrons.